The summed E-state index contributed by atoms with van der Waals surface area (Å²) < 4.78 is 19.2. The number of ether oxygens (including phenoxy) is 1. The van der Waals surface area contributed by atoms with Crippen LogP contribution < -0.4 is 4.74 Å². The molecule has 4 heteroatoms. The highest BCUT2D eigenvalue weighted by atomic mass is 79.9. The van der Waals surface area contributed by atoms with Crippen molar-refractivity contribution in [1.82, 2.24) is 0 Å². The van der Waals surface area contributed by atoms with Crippen LogP contribution in [0, 0.1) is 5.82 Å². The van der Waals surface area contributed by atoms with Crippen LogP contribution in [0.4, 0.5) is 4.39 Å². The van der Waals surface area contributed by atoms with Crippen molar-refractivity contribution in [1.29, 1.82) is 0 Å². The first-order valence-electron chi connectivity index (χ1n) is 5.86. The molecule has 19 heavy (non-hydrogen) atoms. The van der Waals surface area contributed by atoms with Crippen molar-refractivity contribution in [3.8, 4) is 5.75 Å². The van der Waals surface area contributed by atoms with E-state index in [0.717, 1.165) is 10.0 Å². The monoisotopic (exact) mass is 324 g/mol. The third-order valence-electron chi connectivity index (χ3n) is 2.88. The molecule has 2 rings (SSSR count). The Bertz CT molecular complexity index is 572. The summed E-state index contributed by atoms with van der Waals surface area (Å²) in [5.41, 5.74) is 1.64. The third kappa shape index (κ3) is 3.55. The van der Waals surface area contributed by atoms with Gasteiger partial charge < -0.3 is 9.84 Å². The van der Waals surface area contributed by atoms with Crippen molar-refractivity contribution in [3.63, 3.8) is 0 Å². The van der Waals surface area contributed by atoms with Crippen molar-refractivity contribution < 1.29 is 14.2 Å². The van der Waals surface area contributed by atoms with Crippen molar-refractivity contribution >= 4 is 15.9 Å². The first kappa shape index (κ1) is 14.0. The summed E-state index contributed by atoms with van der Waals surface area (Å²) in [5.74, 6) is -0.285. The molecule has 1 atom stereocenters. The molecular formula is C15H14BrFO2. The van der Waals surface area contributed by atoms with Gasteiger partial charge in [-0.15, -0.1) is 0 Å². The largest absolute Gasteiger partial charge is 0.494 e. The van der Waals surface area contributed by atoms with Crippen LogP contribution in [-0.2, 0) is 6.42 Å². The van der Waals surface area contributed by atoms with Crippen LogP contribution in [0.2, 0.25) is 0 Å². The van der Waals surface area contributed by atoms with E-state index in [-0.39, 0.29) is 5.75 Å². The SMILES string of the molecule is COc1cc(C(O)Cc2cccc(Br)c2)ccc1F. The number of methoxy groups -OCH3 is 1. The lowest BCUT2D eigenvalue weighted by Gasteiger charge is -2.13. The predicted molar refractivity (Wildman–Crippen MR) is 75.8 cm³/mol. The van der Waals surface area contributed by atoms with Gasteiger partial charge in [0.1, 0.15) is 0 Å². The van der Waals surface area contributed by atoms with E-state index >= 15 is 0 Å². The van der Waals surface area contributed by atoms with Gasteiger partial charge in [0, 0.05) is 10.9 Å². The smallest absolute Gasteiger partial charge is 0.165 e. The Balaban J connectivity index is 2.18. The van der Waals surface area contributed by atoms with Crippen LogP contribution in [-0.4, -0.2) is 12.2 Å². The fourth-order valence-corrected chi connectivity index (χ4v) is 2.34. The molecule has 0 spiro atoms. The second-order valence-corrected chi connectivity index (χ2v) is 5.16. The second-order valence-electron chi connectivity index (χ2n) is 4.24. The van der Waals surface area contributed by atoms with Gasteiger partial charge in [-0.2, -0.15) is 0 Å². The van der Waals surface area contributed by atoms with Crippen LogP contribution in [0.5, 0.6) is 5.75 Å². The summed E-state index contributed by atoms with van der Waals surface area (Å²) in [6, 6.07) is 12.1. The predicted octanol–water partition coefficient (Wildman–Crippen LogP) is 3.87. The Labute approximate surface area is 120 Å². The van der Waals surface area contributed by atoms with Gasteiger partial charge >= 0.3 is 0 Å². The van der Waals surface area contributed by atoms with E-state index in [1.54, 1.807) is 6.07 Å². The fraction of sp³-hybridized carbons (Fsp3) is 0.200. The van der Waals surface area contributed by atoms with Gasteiger partial charge in [0.05, 0.1) is 13.2 Å². The van der Waals surface area contributed by atoms with Gasteiger partial charge in [-0.1, -0.05) is 34.1 Å². The number of benzene rings is 2. The average Bonchev–Trinajstić information content (AvgIpc) is 2.39. The van der Waals surface area contributed by atoms with Crippen molar-refractivity contribution in [3.05, 3.63) is 63.9 Å². The molecule has 0 fully saturated rings. The zero-order chi connectivity index (χ0) is 13.8. The molecule has 0 saturated heterocycles. The molecule has 1 N–H and O–H groups in total. The highest BCUT2D eigenvalue weighted by molar-refractivity contribution is 9.10. The molecule has 0 bridgehead atoms. The molecule has 0 aromatic heterocycles. The zero-order valence-corrected chi connectivity index (χ0v) is 12.0. The van der Waals surface area contributed by atoms with Crippen molar-refractivity contribution in [2.45, 2.75) is 12.5 Å². The van der Waals surface area contributed by atoms with E-state index in [4.69, 9.17) is 4.74 Å². The lowest BCUT2D eigenvalue weighted by atomic mass is 10.0. The van der Waals surface area contributed by atoms with Gasteiger partial charge in [0.2, 0.25) is 0 Å². The van der Waals surface area contributed by atoms with Gasteiger partial charge in [0.15, 0.2) is 11.6 Å². The van der Waals surface area contributed by atoms with E-state index in [1.807, 2.05) is 24.3 Å². The van der Waals surface area contributed by atoms with Crippen LogP contribution in [0.3, 0.4) is 0 Å². The number of rotatable bonds is 4. The molecule has 0 aliphatic heterocycles. The quantitative estimate of drug-likeness (QED) is 0.925. The zero-order valence-electron chi connectivity index (χ0n) is 10.4. The molecule has 2 aromatic carbocycles. The number of aliphatic hydroxyl groups is 1. The number of aliphatic hydroxyl groups excluding tert-OH is 1. The van der Waals surface area contributed by atoms with Crippen molar-refractivity contribution in [2.75, 3.05) is 7.11 Å². The molecule has 0 aliphatic rings. The molecule has 0 amide bonds. The topological polar surface area (TPSA) is 29.5 Å². The number of halogens is 2. The standard InChI is InChI=1S/C15H14BrFO2/c1-19-15-9-11(5-6-13(15)17)14(18)8-10-3-2-4-12(16)7-10/h2-7,9,14,18H,8H2,1H3. The number of hydrogen-bond acceptors (Lipinski definition) is 2. The van der Waals surface area contributed by atoms with Crippen molar-refractivity contribution in [2.24, 2.45) is 0 Å². The molecule has 0 saturated carbocycles. The van der Waals surface area contributed by atoms with E-state index in [0.29, 0.717) is 12.0 Å². The Morgan fingerprint density at radius 3 is 2.74 bits per heavy atom. The van der Waals surface area contributed by atoms with Crippen LogP contribution in [0.25, 0.3) is 0 Å². The maximum atomic E-state index is 13.3. The molecule has 2 nitrogen and oxygen atoms in total. The molecule has 0 radical (unpaired) electrons. The Morgan fingerprint density at radius 2 is 2.05 bits per heavy atom. The first-order chi connectivity index (χ1) is 9.10. The van der Waals surface area contributed by atoms with E-state index in [9.17, 15) is 9.50 Å². The molecule has 1 unspecified atom stereocenters. The molecule has 2 aromatic rings. The Kier molecular flexibility index (Phi) is 4.56. The lowest BCUT2D eigenvalue weighted by molar-refractivity contribution is 0.178. The summed E-state index contributed by atoms with van der Waals surface area (Å²) in [7, 11) is 1.41. The van der Waals surface area contributed by atoms with E-state index in [2.05, 4.69) is 15.9 Å². The van der Waals surface area contributed by atoms with E-state index in [1.165, 1.54) is 19.2 Å². The third-order valence-corrected chi connectivity index (χ3v) is 3.37. The van der Waals surface area contributed by atoms with Gasteiger partial charge in [-0.25, -0.2) is 4.39 Å². The minimum atomic E-state index is -0.691. The maximum absolute atomic E-state index is 13.3. The lowest BCUT2D eigenvalue weighted by Crippen LogP contribution is -2.03. The minimum absolute atomic E-state index is 0.144. The summed E-state index contributed by atoms with van der Waals surface area (Å²) in [5, 5.41) is 10.2. The second kappa shape index (κ2) is 6.17. The van der Waals surface area contributed by atoms with Crippen LogP contribution in [0.15, 0.2) is 46.9 Å². The minimum Gasteiger partial charge on any atom is -0.494 e. The van der Waals surface area contributed by atoms with Gasteiger partial charge in [-0.3, -0.25) is 0 Å². The van der Waals surface area contributed by atoms with Crippen LogP contribution in [0.1, 0.15) is 17.2 Å². The molecule has 0 heterocycles. The Morgan fingerprint density at radius 1 is 1.26 bits per heavy atom. The van der Waals surface area contributed by atoms with Gasteiger partial charge in [0.25, 0.3) is 0 Å². The number of hydrogen-bond donors (Lipinski definition) is 1. The highest BCUT2D eigenvalue weighted by Crippen LogP contribution is 2.25. The maximum Gasteiger partial charge on any atom is 0.165 e. The van der Waals surface area contributed by atoms with Crippen LogP contribution >= 0.6 is 15.9 Å². The Hall–Kier alpha value is -1.39. The summed E-state index contributed by atoms with van der Waals surface area (Å²) in [4.78, 5) is 0. The fourth-order valence-electron chi connectivity index (χ4n) is 1.89. The molecular weight excluding hydrogens is 311 g/mol. The average molecular weight is 325 g/mol. The highest BCUT2D eigenvalue weighted by Gasteiger charge is 2.12. The van der Waals surface area contributed by atoms with Gasteiger partial charge in [-0.05, 0) is 35.4 Å². The first-order valence-corrected chi connectivity index (χ1v) is 6.65. The normalized spacial score (nSPS) is 12.2. The summed E-state index contributed by atoms with van der Waals surface area (Å²) >= 11 is 3.39. The summed E-state index contributed by atoms with van der Waals surface area (Å²) in [6.45, 7) is 0. The summed E-state index contributed by atoms with van der Waals surface area (Å²) in [6.07, 6.45) is -0.224. The molecule has 100 valence electrons. The van der Waals surface area contributed by atoms with E-state index < -0.39 is 11.9 Å². The molecule has 0 aliphatic carbocycles.